The zero-order valence-corrected chi connectivity index (χ0v) is 15.7. The lowest BCUT2D eigenvalue weighted by atomic mass is 10.2. The van der Waals surface area contributed by atoms with Gasteiger partial charge in [0.1, 0.15) is 17.6 Å². The van der Waals surface area contributed by atoms with E-state index in [1.807, 2.05) is 6.07 Å². The molecule has 152 valence electrons. The zero-order valence-electron chi connectivity index (χ0n) is 15.7. The monoisotopic (exact) mass is 406 g/mol. The van der Waals surface area contributed by atoms with Gasteiger partial charge in [-0.15, -0.1) is 0 Å². The summed E-state index contributed by atoms with van der Waals surface area (Å²) in [5.74, 6) is -0.318. The largest absolute Gasteiger partial charge is 0.505 e. The molecule has 0 unspecified atom stereocenters. The van der Waals surface area contributed by atoms with Crippen LogP contribution in [0.3, 0.4) is 0 Å². The topological polar surface area (TPSA) is 155 Å². The number of fused-ring (bicyclic) bond motifs is 1. The molecule has 1 saturated heterocycles. The van der Waals surface area contributed by atoms with Crippen molar-refractivity contribution in [1.29, 1.82) is 5.26 Å². The van der Waals surface area contributed by atoms with Crippen LogP contribution in [0.2, 0.25) is 0 Å². The molecule has 4 N–H and O–H groups in total. The molecular formula is C20H18N6O4. The molecule has 0 radical (unpaired) electrons. The van der Waals surface area contributed by atoms with Gasteiger partial charge in [0.2, 0.25) is 0 Å². The number of nitrogens with zero attached hydrogens (tertiary/aromatic N) is 5. The van der Waals surface area contributed by atoms with Gasteiger partial charge in [0.05, 0.1) is 23.9 Å². The van der Waals surface area contributed by atoms with Gasteiger partial charge in [-0.25, -0.2) is 15.0 Å². The van der Waals surface area contributed by atoms with Gasteiger partial charge in [-0.2, -0.15) is 5.26 Å². The predicted octanol–water partition coefficient (Wildman–Crippen LogP) is 0.0739. The summed E-state index contributed by atoms with van der Waals surface area (Å²) in [4.78, 5) is 26.6. The number of hydrogen-bond donors (Lipinski definition) is 4. The van der Waals surface area contributed by atoms with Crippen LogP contribution in [0.4, 0.5) is 5.82 Å². The summed E-state index contributed by atoms with van der Waals surface area (Å²) < 4.78 is 0. The van der Waals surface area contributed by atoms with Crippen LogP contribution in [0.5, 0.6) is 5.75 Å². The van der Waals surface area contributed by atoms with E-state index < -0.39 is 18.1 Å². The Bertz CT molecular complexity index is 1130. The molecule has 0 aliphatic carbocycles. The second-order valence-corrected chi connectivity index (χ2v) is 6.94. The van der Waals surface area contributed by atoms with Crippen molar-refractivity contribution in [2.24, 2.45) is 0 Å². The van der Waals surface area contributed by atoms with Crippen molar-refractivity contribution in [2.45, 2.75) is 18.8 Å². The Morgan fingerprint density at radius 2 is 1.93 bits per heavy atom. The molecule has 0 saturated carbocycles. The molecular weight excluding hydrogens is 388 g/mol. The SMILES string of the molecule is N#Cc1ccc(CNC(=O)c2ncc3nc(N4C[C@@H](O)[C@@H](O)C4)ccc3c2O)cn1. The number of aliphatic hydroxyl groups is 2. The van der Waals surface area contributed by atoms with Gasteiger partial charge in [-0.3, -0.25) is 4.79 Å². The molecule has 1 amide bonds. The zero-order chi connectivity index (χ0) is 21.3. The number of nitrogens with one attached hydrogen (secondary N) is 1. The standard InChI is InChI=1S/C20H18N6O4/c21-5-12-2-1-11(6-22-12)7-24-20(30)18-19(29)13-3-4-17(25-14(13)8-23-18)26-9-15(27)16(28)10-26/h1-4,6,8,15-16,27-29H,7,9-10H2,(H,24,30)/t15-,16+. The lowest BCUT2D eigenvalue weighted by molar-refractivity contribution is 0.0572. The Balaban J connectivity index is 1.51. The number of nitriles is 1. The summed E-state index contributed by atoms with van der Waals surface area (Å²) in [6, 6.07) is 8.42. The molecule has 3 aromatic heterocycles. The van der Waals surface area contributed by atoms with Crippen LogP contribution in [-0.2, 0) is 6.54 Å². The third-order valence-corrected chi connectivity index (χ3v) is 4.90. The molecule has 30 heavy (non-hydrogen) atoms. The lowest BCUT2D eigenvalue weighted by Gasteiger charge is -2.17. The highest BCUT2D eigenvalue weighted by Crippen LogP contribution is 2.29. The first-order valence-electron chi connectivity index (χ1n) is 9.19. The number of hydrogen-bond acceptors (Lipinski definition) is 9. The summed E-state index contributed by atoms with van der Waals surface area (Å²) in [6.07, 6.45) is 1.20. The molecule has 1 aliphatic rings. The molecule has 10 nitrogen and oxygen atoms in total. The van der Waals surface area contributed by atoms with Crippen molar-refractivity contribution in [2.75, 3.05) is 18.0 Å². The van der Waals surface area contributed by atoms with Crippen molar-refractivity contribution in [3.8, 4) is 11.8 Å². The van der Waals surface area contributed by atoms with Crippen molar-refractivity contribution in [3.63, 3.8) is 0 Å². The van der Waals surface area contributed by atoms with E-state index in [4.69, 9.17) is 5.26 Å². The molecule has 4 heterocycles. The van der Waals surface area contributed by atoms with Crippen LogP contribution in [0, 0.1) is 11.3 Å². The van der Waals surface area contributed by atoms with Gasteiger partial charge in [-0.05, 0) is 23.8 Å². The van der Waals surface area contributed by atoms with Crippen LogP contribution in [-0.4, -0.2) is 61.5 Å². The van der Waals surface area contributed by atoms with E-state index >= 15 is 0 Å². The van der Waals surface area contributed by atoms with Crippen LogP contribution in [0.1, 0.15) is 21.7 Å². The summed E-state index contributed by atoms with van der Waals surface area (Å²) in [7, 11) is 0. The van der Waals surface area contributed by atoms with Crippen molar-refractivity contribution < 1.29 is 20.1 Å². The highest BCUT2D eigenvalue weighted by atomic mass is 16.3. The minimum Gasteiger partial charge on any atom is -0.505 e. The fraction of sp³-hybridized carbons (Fsp3) is 0.250. The lowest BCUT2D eigenvalue weighted by Crippen LogP contribution is -2.24. The number of carbonyl (C=O) groups excluding carboxylic acids is 1. The summed E-state index contributed by atoms with van der Waals surface area (Å²) in [5, 5.41) is 41.7. The number of carbonyl (C=O) groups is 1. The van der Waals surface area contributed by atoms with E-state index in [9.17, 15) is 20.1 Å². The van der Waals surface area contributed by atoms with Crippen LogP contribution in [0.15, 0.2) is 36.7 Å². The molecule has 3 aromatic rings. The van der Waals surface area contributed by atoms with Gasteiger partial charge in [0, 0.05) is 31.2 Å². The highest BCUT2D eigenvalue weighted by Gasteiger charge is 2.30. The van der Waals surface area contributed by atoms with Gasteiger partial charge in [0.15, 0.2) is 11.4 Å². The first-order chi connectivity index (χ1) is 14.5. The summed E-state index contributed by atoms with van der Waals surface area (Å²) in [5.41, 5.74) is 1.23. The van der Waals surface area contributed by atoms with E-state index in [1.54, 1.807) is 29.2 Å². The van der Waals surface area contributed by atoms with E-state index in [0.717, 1.165) is 0 Å². The van der Waals surface area contributed by atoms with Crippen LogP contribution >= 0.6 is 0 Å². The summed E-state index contributed by atoms with van der Waals surface area (Å²) in [6.45, 7) is 0.668. The summed E-state index contributed by atoms with van der Waals surface area (Å²) >= 11 is 0. The highest BCUT2D eigenvalue weighted by molar-refractivity contribution is 6.00. The van der Waals surface area contributed by atoms with Gasteiger partial charge >= 0.3 is 0 Å². The first kappa shape index (κ1) is 19.5. The number of aromatic hydroxyl groups is 1. The molecule has 0 bridgehead atoms. The van der Waals surface area contributed by atoms with Gasteiger partial charge < -0.3 is 25.5 Å². The molecule has 1 aliphatic heterocycles. The smallest absolute Gasteiger partial charge is 0.274 e. The van der Waals surface area contributed by atoms with E-state index in [0.29, 0.717) is 22.3 Å². The molecule has 0 spiro atoms. The van der Waals surface area contributed by atoms with Gasteiger partial charge in [-0.1, -0.05) is 6.07 Å². The Morgan fingerprint density at radius 1 is 1.17 bits per heavy atom. The fourth-order valence-electron chi connectivity index (χ4n) is 3.24. The third-order valence-electron chi connectivity index (χ3n) is 4.90. The third kappa shape index (κ3) is 3.71. The maximum atomic E-state index is 12.5. The van der Waals surface area contributed by atoms with Gasteiger partial charge in [0.25, 0.3) is 5.91 Å². The normalized spacial score (nSPS) is 18.4. The number of amides is 1. The van der Waals surface area contributed by atoms with Crippen LogP contribution < -0.4 is 10.2 Å². The molecule has 4 rings (SSSR count). The second kappa shape index (κ2) is 7.90. The maximum Gasteiger partial charge on any atom is 0.274 e. The van der Waals surface area contributed by atoms with Crippen LogP contribution in [0.25, 0.3) is 10.9 Å². The molecule has 2 atom stereocenters. The number of pyridine rings is 3. The van der Waals surface area contributed by atoms with Crippen molar-refractivity contribution >= 4 is 22.6 Å². The Labute approximate surface area is 171 Å². The Kier molecular flexibility index (Phi) is 5.14. The minimum absolute atomic E-state index is 0.134. The predicted molar refractivity (Wildman–Crippen MR) is 106 cm³/mol. The Hall–Kier alpha value is -3.81. The number of anilines is 1. The first-order valence-corrected chi connectivity index (χ1v) is 9.19. The number of aliphatic hydroxyl groups excluding tert-OH is 2. The Morgan fingerprint density at radius 3 is 2.60 bits per heavy atom. The molecule has 1 fully saturated rings. The number of β-amino-alcohol motifs (C(OH)–C–C–N with tert-alkyl or cyclic N) is 2. The van der Waals surface area contributed by atoms with E-state index in [2.05, 4.69) is 20.3 Å². The molecule has 10 heteroatoms. The average molecular weight is 406 g/mol. The fourth-order valence-corrected chi connectivity index (χ4v) is 3.24. The average Bonchev–Trinajstić information content (AvgIpc) is 3.10. The molecule has 0 aromatic carbocycles. The number of rotatable bonds is 4. The maximum absolute atomic E-state index is 12.5. The van der Waals surface area contributed by atoms with E-state index in [1.165, 1.54) is 12.4 Å². The van der Waals surface area contributed by atoms with Crippen molar-refractivity contribution in [3.05, 3.63) is 53.6 Å². The van der Waals surface area contributed by atoms with E-state index in [-0.39, 0.29) is 36.8 Å². The quantitative estimate of drug-likeness (QED) is 0.471. The number of aromatic nitrogens is 3. The van der Waals surface area contributed by atoms with Crippen molar-refractivity contribution in [1.82, 2.24) is 20.3 Å². The second-order valence-electron chi connectivity index (χ2n) is 6.94. The minimum atomic E-state index is -0.841.